The van der Waals surface area contributed by atoms with Crippen molar-refractivity contribution in [2.24, 2.45) is 11.1 Å². The summed E-state index contributed by atoms with van der Waals surface area (Å²) in [4.78, 5) is 11.1. The standard InChI is InChI=1S/C17H24FNO2/c1-11-7-13(8-12(2)16(11)18)14(19)9-17(10-15(20)21)5-3-4-6-17/h7-8,14H,3-6,9-10,19H2,1-2H3,(H,20,21). The predicted octanol–water partition coefficient (Wildman–Crippen LogP) is 3.87. The van der Waals surface area contributed by atoms with E-state index in [1.807, 2.05) is 0 Å². The van der Waals surface area contributed by atoms with Crippen molar-refractivity contribution in [1.29, 1.82) is 0 Å². The molecule has 0 aliphatic heterocycles. The van der Waals surface area contributed by atoms with Gasteiger partial charge in [-0.3, -0.25) is 4.79 Å². The van der Waals surface area contributed by atoms with Crippen molar-refractivity contribution in [3.05, 3.63) is 34.6 Å². The van der Waals surface area contributed by atoms with Gasteiger partial charge in [-0.05, 0) is 55.2 Å². The lowest BCUT2D eigenvalue weighted by Gasteiger charge is -2.30. The van der Waals surface area contributed by atoms with Crippen LogP contribution >= 0.6 is 0 Å². The molecule has 0 radical (unpaired) electrons. The Kier molecular flexibility index (Phi) is 4.67. The fraction of sp³-hybridized carbons (Fsp3) is 0.588. The molecule has 1 unspecified atom stereocenters. The molecule has 1 aliphatic carbocycles. The Balaban J connectivity index is 2.19. The van der Waals surface area contributed by atoms with Crippen LogP contribution in [0.1, 0.15) is 61.3 Å². The van der Waals surface area contributed by atoms with Gasteiger partial charge in [-0.15, -0.1) is 0 Å². The Morgan fingerprint density at radius 2 is 1.86 bits per heavy atom. The van der Waals surface area contributed by atoms with Crippen molar-refractivity contribution in [1.82, 2.24) is 0 Å². The molecule has 1 saturated carbocycles. The molecule has 1 aromatic carbocycles. The molecule has 1 aromatic rings. The Labute approximate surface area is 125 Å². The monoisotopic (exact) mass is 293 g/mol. The Hall–Kier alpha value is -1.42. The van der Waals surface area contributed by atoms with Crippen LogP contribution in [-0.2, 0) is 4.79 Å². The third-order valence-electron chi connectivity index (χ3n) is 4.73. The second-order valence-electron chi connectivity index (χ2n) is 6.56. The molecule has 1 atom stereocenters. The van der Waals surface area contributed by atoms with Gasteiger partial charge < -0.3 is 10.8 Å². The molecule has 2 rings (SSSR count). The molecule has 3 N–H and O–H groups in total. The molecule has 0 aromatic heterocycles. The summed E-state index contributed by atoms with van der Waals surface area (Å²) >= 11 is 0. The van der Waals surface area contributed by atoms with Crippen LogP contribution in [0.2, 0.25) is 0 Å². The highest BCUT2D eigenvalue weighted by molar-refractivity contribution is 5.67. The number of benzene rings is 1. The number of hydrogen-bond donors (Lipinski definition) is 2. The molecule has 0 bridgehead atoms. The van der Waals surface area contributed by atoms with Crippen molar-refractivity contribution >= 4 is 5.97 Å². The van der Waals surface area contributed by atoms with E-state index >= 15 is 0 Å². The van der Waals surface area contributed by atoms with Gasteiger partial charge in [-0.1, -0.05) is 25.0 Å². The zero-order chi connectivity index (χ0) is 15.6. The van der Waals surface area contributed by atoms with E-state index in [0.717, 1.165) is 31.2 Å². The number of nitrogens with two attached hydrogens (primary N) is 1. The van der Waals surface area contributed by atoms with Crippen LogP contribution < -0.4 is 5.73 Å². The van der Waals surface area contributed by atoms with Gasteiger partial charge in [0.1, 0.15) is 5.82 Å². The fourth-order valence-corrected chi connectivity index (χ4v) is 3.68. The molecule has 3 nitrogen and oxygen atoms in total. The molecule has 4 heteroatoms. The molecular formula is C17H24FNO2. The van der Waals surface area contributed by atoms with E-state index in [1.165, 1.54) is 0 Å². The first-order valence-electron chi connectivity index (χ1n) is 7.57. The number of rotatable bonds is 5. The molecular weight excluding hydrogens is 269 g/mol. The van der Waals surface area contributed by atoms with Gasteiger partial charge in [-0.2, -0.15) is 0 Å². The Morgan fingerprint density at radius 3 is 2.33 bits per heavy atom. The van der Waals surface area contributed by atoms with Crippen LogP contribution in [-0.4, -0.2) is 11.1 Å². The topological polar surface area (TPSA) is 63.3 Å². The van der Waals surface area contributed by atoms with E-state index in [9.17, 15) is 9.18 Å². The summed E-state index contributed by atoms with van der Waals surface area (Å²) in [5.41, 5.74) is 8.21. The van der Waals surface area contributed by atoms with E-state index < -0.39 is 5.97 Å². The summed E-state index contributed by atoms with van der Waals surface area (Å²) in [5.74, 6) is -0.942. The van der Waals surface area contributed by atoms with Crippen LogP contribution in [0.5, 0.6) is 0 Å². The average molecular weight is 293 g/mol. The van der Waals surface area contributed by atoms with Crippen molar-refractivity contribution in [2.75, 3.05) is 0 Å². The summed E-state index contributed by atoms with van der Waals surface area (Å²) in [6.07, 6.45) is 4.82. The summed E-state index contributed by atoms with van der Waals surface area (Å²) in [7, 11) is 0. The van der Waals surface area contributed by atoms with Crippen molar-refractivity contribution in [3.63, 3.8) is 0 Å². The lowest BCUT2D eigenvalue weighted by molar-refractivity contribution is -0.139. The lowest BCUT2D eigenvalue weighted by Crippen LogP contribution is -2.27. The van der Waals surface area contributed by atoms with E-state index in [0.29, 0.717) is 17.5 Å². The summed E-state index contributed by atoms with van der Waals surface area (Å²) in [6.45, 7) is 3.47. The maximum absolute atomic E-state index is 13.7. The molecule has 0 saturated heterocycles. The number of hydrogen-bond acceptors (Lipinski definition) is 2. The molecule has 21 heavy (non-hydrogen) atoms. The largest absolute Gasteiger partial charge is 0.481 e. The second-order valence-corrected chi connectivity index (χ2v) is 6.56. The number of carboxylic acid groups (broad SMARTS) is 1. The molecule has 0 spiro atoms. The lowest BCUT2D eigenvalue weighted by atomic mass is 9.76. The highest BCUT2D eigenvalue weighted by Crippen LogP contribution is 2.46. The minimum atomic E-state index is -0.754. The smallest absolute Gasteiger partial charge is 0.303 e. The van der Waals surface area contributed by atoms with E-state index in [2.05, 4.69) is 0 Å². The Bertz CT molecular complexity index is 513. The van der Waals surface area contributed by atoms with Gasteiger partial charge in [0, 0.05) is 6.04 Å². The number of aliphatic carboxylic acids is 1. The zero-order valence-electron chi connectivity index (χ0n) is 12.8. The van der Waals surface area contributed by atoms with Gasteiger partial charge in [-0.25, -0.2) is 4.39 Å². The van der Waals surface area contributed by atoms with Crippen molar-refractivity contribution in [3.8, 4) is 0 Å². The SMILES string of the molecule is Cc1cc(C(N)CC2(CC(=O)O)CCCC2)cc(C)c1F. The first-order valence-corrected chi connectivity index (χ1v) is 7.57. The van der Waals surface area contributed by atoms with Crippen LogP contribution in [0.15, 0.2) is 12.1 Å². The molecule has 1 fully saturated rings. The summed E-state index contributed by atoms with van der Waals surface area (Å²) in [5, 5.41) is 9.16. The average Bonchev–Trinajstić information content (AvgIpc) is 2.82. The normalized spacial score (nSPS) is 18.7. The number of halogens is 1. The molecule has 0 amide bonds. The number of carboxylic acids is 1. The van der Waals surface area contributed by atoms with Gasteiger partial charge >= 0.3 is 5.97 Å². The minimum Gasteiger partial charge on any atom is -0.481 e. The van der Waals surface area contributed by atoms with E-state index in [4.69, 9.17) is 10.8 Å². The van der Waals surface area contributed by atoms with Gasteiger partial charge in [0.25, 0.3) is 0 Å². The quantitative estimate of drug-likeness (QED) is 0.866. The molecule has 1 aliphatic rings. The van der Waals surface area contributed by atoms with Crippen molar-refractivity contribution < 1.29 is 14.3 Å². The third-order valence-corrected chi connectivity index (χ3v) is 4.73. The van der Waals surface area contributed by atoms with Crippen LogP contribution in [0.3, 0.4) is 0 Å². The molecule has 0 heterocycles. The molecule has 116 valence electrons. The maximum Gasteiger partial charge on any atom is 0.303 e. The first kappa shape index (κ1) is 16.0. The van der Waals surface area contributed by atoms with Crippen LogP contribution in [0.25, 0.3) is 0 Å². The third kappa shape index (κ3) is 3.62. The number of aryl methyl sites for hydroxylation is 2. The van der Waals surface area contributed by atoms with E-state index in [-0.39, 0.29) is 23.7 Å². The van der Waals surface area contributed by atoms with E-state index in [1.54, 1.807) is 26.0 Å². The highest BCUT2D eigenvalue weighted by Gasteiger charge is 2.37. The van der Waals surface area contributed by atoms with Gasteiger partial charge in [0.05, 0.1) is 6.42 Å². The minimum absolute atomic E-state index is 0.180. The van der Waals surface area contributed by atoms with Gasteiger partial charge in [0.2, 0.25) is 0 Å². The van der Waals surface area contributed by atoms with Crippen LogP contribution in [0, 0.1) is 25.1 Å². The van der Waals surface area contributed by atoms with Gasteiger partial charge in [0.15, 0.2) is 0 Å². The fourth-order valence-electron chi connectivity index (χ4n) is 3.68. The predicted molar refractivity (Wildman–Crippen MR) is 80.6 cm³/mol. The first-order chi connectivity index (χ1) is 9.83. The summed E-state index contributed by atoms with van der Waals surface area (Å²) in [6, 6.07) is 3.34. The van der Waals surface area contributed by atoms with Crippen LogP contribution in [0.4, 0.5) is 4.39 Å². The highest BCUT2D eigenvalue weighted by atomic mass is 19.1. The second kappa shape index (κ2) is 6.14. The van der Waals surface area contributed by atoms with Crippen molar-refractivity contribution in [2.45, 2.75) is 58.4 Å². The zero-order valence-corrected chi connectivity index (χ0v) is 12.8. The Morgan fingerprint density at radius 1 is 1.33 bits per heavy atom. The number of carbonyl (C=O) groups is 1. The summed E-state index contributed by atoms with van der Waals surface area (Å²) < 4.78 is 13.7. The maximum atomic E-state index is 13.7.